The summed E-state index contributed by atoms with van der Waals surface area (Å²) in [4.78, 5) is 13.3. The second kappa shape index (κ2) is 10.8. The summed E-state index contributed by atoms with van der Waals surface area (Å²) in [6, 6.07) is 17.5. The normalized spacial score (nSPS) is 22.4. The molecule has 7 heteroatoms. The average Bonchev–Trinajstić information content (AvgIpc) is 2.82. The molecule has 0 radical (unpaired) electrons. The summed E-state index contributed by atoms with van der Waals surface area (Å²) in [6.45, 7) is 10.1. The topological polar surface area (TPSA) is 70.5 Å². The van der Waals surface area contributed by atoms with E-state index in [9.17, 15) is 5.11 Å². The van der Waals surface area contributed by atoms with Crippen LogP contribution in [0.3, 0.4) is 0 Å². The third-order valence-electron chi connectivity index (χ3n) is 7.16. The van der Waals surface area contributed by atoms with Crippen LogP contribution in [0.2, 0.25) is 0 Å². The van der Waals surface area contributed by atoms with Gasteiger partial charge in [0.2, 0.25) is 11.8 Å². The van der Waals surface area contributed by atoms with E-state index in [2.05, 4.69) is 79.8 Å². The molecule has 2 aliphatic rings. The zero-order valence-corrected chi connectivity index (χ0v) is 22.4. The van der Waals surface area contributed by atoms with Gasteiger partial charge in [-0.1, -0.05) is 44.2 Å². The fourth-order valence-electron chi connectivity index (χ4n) is 5.32. The Hall–Kier alpha value is -2.61. The first-order chi connectivity index (χ1) is 17.4. The lowest BCUT2D eigenvalue weighted by Gasteiger charge is -2.45. The van der Waals surface area contributed by atoms with Crippen LogP contribution in [0, 0.1) is 19.8 Å². The molecule has 5 rings (SSSR count). The van der Waals surface area contributed by atoms with Crippen molar-refractivity contribution in [1.82, 2.24) is 14.9 Å². The number of nitrogens with zero attached hydrogens (tertiary/aromatic N) is 3. The number of fused-ring (bicyclic) bond motifs is 4. The van der Waals surface area contributed by atoms with Gasteiger partial charge in [-0.2, -0.15) is 4.98 Å². The SMILES string of the molecule is Cc1cccc(C)c1-c1cc2nc(n1)NSc1cccc(c1)CN(C1CC(O)C1)C(CC(C)C)CO2. The minimum absolute atomic E-state index is 0.198. The Morgan fingerprint density at radius 1 is 1.08 bits per heavy atom. The highest BCUT2D eigenvalue weighted by Crippen LogP contribution is 2.34. The fourth-order valence-corrected chi connectivity index (χ4v) is 5.98. The quantitative estimate of drug-likeness (QED) is 0.422. The van der Waals surface area contributed by atoms with Crippen LogP contribution in [0.1, 0.15) is 49.8 Å². The Kier molecular flexibility index (Phi) is 7.51. The van der Waals surface area contributed by atoms with Gasteiger partial charge in [0.05, 0.1) is 11.8 Å². The monoisotopic (exact) mass is 504 g/mol. The van der Waals surface area contributed by atoms with Crippen molar-refractivity contribution < 1.29 is 9.84 Å². The number of aromatic nitrogens is 2. The van der Waals surface area contributed by atoms with Crippen LogP contribution < -0.4 is 9.46 Å². The Bertz CT molecular complexity index is 1190. The molecule has 1 aromatic heterocycles. The third-order valence-corrected chi connectivity index (χ3v) is 7.93. The van der Waals surface area contributed by atoms with Crippen LogP contribution in [-0.2, 0) is 6.54 Å². The highest BCUT2D eigenvalue weighted by atomic mass is 32.2. The van der Waals surface area contributed by atoms with Crippen LogP contribution in [0.5, 0.6) is 5.88 Å². The molecule has 2 heterocycles. The zero-order valence-electron chi connectivity index (χ0n) is 21.6. The molecule has 0 amide bonds. The Balaban J connectivity index is 1.55. The molecule has 3 aromatic rings. The number of anilines is 1. The Morgan fingerprint density at radius 3 is 2.56 bits per heavy atom. The Morgan fingerprint density at radius 2 is 1.83 bits per heavy atom. The fraction of sp³-hybridized carbons (Fsp3) is 0.448. The van der Waals surface area contributed by atoms with Gasteiger partial charge < -0.3 is 9.84 Å². The molecule has 2 N–H and O–H groups in total. The first kappa shape index (κ1) is 25.1. The lowest BCUT2D eigenvalue weighted by Crippen LogP contribution is -2.53. The van der Waals surface area contributed by atoms with Crippen molar-refractivity contribution >= 4 is 17.9 Å². The van der Waals surface area contributed by atoms with Crippen molar-refractivity contribution in [2.75, 3.05) is 11.3 Å². The van der Waals surface area contributed by atoms with Crippen molar-refractivity contribution in [3.05, 3.63) is 65.2 Å². The Labute approximate surface area is 218 Å². The van der Waals surface area contributed by atoms with Crippen molar-refractivity contribution in [1.29, 1.82) is 0 Å². The average molecular weight is 505 g/mol. The third kappa shape index (κ3) is 5.69. The van der Waals surface area contributed by atoms with E-state index in [0.29, 0.717) is 30.4 Å². The maximum absolute atomic E-state index is 10.1. The molecule has 1 atom stereocenters. The molecule has 6 nitrogen and oxygen atoms in total. The number of aliphatic hydroxyl groups is 1. The second-order valence-corrected chi connectivity index (χ2v) is 11.5. The van der Waals surface area contributed by atoms with E-state index >= 15 is 0 Å². The molecule has 2 aromatic carbocycles. The molecular formula is C29H36N4O2S. The molecule has 1 unspecified atom stereocenters. The van der Waals surface area contributed by atoms with Gasteiger partial charge in [0.1, 0.15) is 6.61 Å². The van der Waals surface area contributed by atoms with E-state index in [1.54, 1.807) is 0 Å². The molecule has 1 saturated carbocycles. The molecule has 4 bridgehead atoms. The van der Waals surface area contributed by atoms with E-state index in [4.69, 9.17) is 14.7 Å². The van der Waals surface area contributed by atoms with Crippen molar-refractivity contribution in [2.45, 2.75) is 76.6 Å². The lowest BCUT2D eigenvalue weighted by atomic mass is 9.86. The number of nitrogens with one attached hydrogen (secondary N) is 1. The molecule has 36 heavy (non-hydrogen) atoms. The summed E-state index contributed by atoms with van der Waals surface area (Å²) in [5.74, 6) is 1.65. The van der Waals surface area contributed by atoms with Gasteiger partial charge in [-0.3, -0.25) is 9.62 Å². The largest absolute Gasteiger partial charge is 0.476 e. The van der Waals surface area contributed by atoms with Crippen LogP contribution >= 0.6 is 11.9 Å². The van der Waals surface area contributed by atoms with Crippen LogP contribution in [0.4, 0.5) is 5.95 Å². The minimum atomic E-state index is -0.198. The van der Waals surface area contributed by atoms with Gasteiger partial charge >= 0.3 is 0 Å². The number of benzene rings is 2. The van der Waals surface area contributed by atoms with E-state index < -0.39 is 0 Å². The molecule has 190 valence electrons. The number of rotatable bonds is 4. The maximum Gasteiger partial charge on any atom is 0.237 e. The molecule has 1 aliphatic carbocycles. The van der Waals surface area contributed by atoms with Gasteiger partial charge in [-0.15, -0.1) is 0 Å². The summed E-state index contributed by atoms with van der Waals surface area (Å²) in [5.41, 5.74) is 5.60. The van der Waals surface area contributed by atoms with E-state index in [1.165, 1.54) is 28.6 Å². The molecule has 0 saturated heterocycles. The van der Waals surface area contributed by atoms with Crippen molar-refractivity contribution in [3.8, 4) is 17.1 Å². The first-order valence-electron chi connectivity index (χ1n) is 12.9. The van der Waals surface area contributed by atoms with Crippen molar-refractivity contribution in [2.24, 2.45) is 5.92 Å². The summed E-state index contributed by atoms with van der Waals surface area (Å²) in [6.07, 6.45) is 2.45. The predicted octanol–water partition coefficient (Wildman–Crippen LogP) is 6.01. The van der Waals surface area contributed by atoms with Gasteiger partial charge in [-0.05, 0) is 79.8 Å². The van der Waals surface area contributed by atoms with Crippen LogP contribution in [-0.4, -0.2) is 44.8 Å². The first-order valence-corrected chi connectivity index (χ1v) is 13.7. The standard InChI is InChI=1S/C29H36N4O2S/c1-18(2)11-23-17-35-27-15-26(28-19(3)7-5-8-20(28)4)30-29(31-27)32-36-25-10-6-9-21(12-25)16-33(23)22-13-24(34)14-22/h5-10,12,15,18,22-24,34H,11,13-14,16-17H2,1-4H3,(H,30,31,32). The van der Waals surface area contributed by atoms with Gasteiger partial charge in [0, 0.05) is 35.2 Å². The van der Waals surface area contributed by atoms with Crippen molar-refractivity contribution in [3.63, 3.8) is 0 Å². The van der Waals surface area contributed by atoms with Gasteiger partial charge in [-0.25, -0.2) is 4.98 Å². The van der Waals surface area contributed by atoms with Gasteiger partial charge in [0.25, 0.3) is 0 Å². The highest BCUT2D eigenvalue weighted by Gasteiger charge is 2.36. The number of hydrogen-bond donors (Lipinski definition) is 2. The molecule has 1 aliphatic heterocycles. The van der Waals surface area contributed by atoms with E-state index in [-0.39, 0.29) is 12.1 Å². The maximum atomic E-state index is 10.1. The lowest BCUT2D eigenvalue weighted by molar-refractivity contribution is -0.0346. The highest BCUT2D eigenvalue weighted by molar-refractivity contribution is 8.00. The predicted molar refractivity (Wildman–Crippen MR) is 146 cm³/mol. The second-order valence-electron chi connectivity index (χ2n) is 10.6. The zero-order chi connectivity index (χ0) is 25.2. The van der Waals surface area contributed by atoms with E-state index in [0.717, 1.165) is 42.0 Å². The van der Waals surface area contributed by atoms with Crippen LogP contribution in [0.25, 0.3) is 11.3 Å². The summed E-state index contributed by atoms with van der Waals surface area (Å²) in [5, 5.41) is 10.1. The van der Waals surface area contributed by atoms with E-state index in [1.807, 2.05) is 6.07 Å². The minimum Gasteiger partial charge on any atom is -0.476 e. The number of ether oxygens (including phenoxy) is 1. The smallest absolute Gasteiger partial charge is 0.237 e. The summed E-state index contributed by atoms with van der Waals surface area (Å²) >= 11 is 1.52. The summed E-state index contributed by atoms with van der Waals surface area (Å²) in [7, 11) is 0. The number of aryl methyl sites for hydroxylation is 2. The number of hydrogen-bond acceptors (Lipinski definition) is 7. The van der Waals surface area contributed by atoms with Gasteiger partial charge in [0.15, 0.2) is 0 Å². The molecular weight excluding hydrogens is 468 g/mol. The summed E-state index contributed by atoms with van der Waals surface area (Å²) < 4.78 is 9.80. The van der Waals surface area contributed by atoms with Crippen LogP contribution in [0.15, 0.2) is 53.4 Å². The number of aliphatic hydroxyl groups excluding tert-OH is 1. The molecule has 1 fully saturated rings. The molecule has 0 spiro atoms.